The number of aryl methyl sites for hydroxylation is 1. The molecule has 1 amide bonds. The van der Waals surface area contributed by atoms with E-state index in [0.717, 1.165) is 24.3 Å². The van der Waals surface area contributed by atoms with E-state index in [-0.39, 0.29) is 5.91 Å². The molecule has 0 saturated heterocycles. The number of amides is 1. The maximum absolute atomic E-state index is 12.0. The molecule has 0 spiro atoms. The van der Waals surface area contributed by atoms with E-state index in [4.69, 9.17) is 4.74 Å². The SMILES string of the molecule is COCc1nc(C)c(C(=O)NCC2(O)CCC2)s1. The number of aliphatic hydroxyl groups is 1. The van der Waals surface area contributed by atoms with Crippen molar-refractivity contribution in [1.82, 2.24) is 10.3 Å². The third-order valence-corrected chi connectivity index (χ3v) is 4.31. The quantitative estimate of drug-likeness (QED) is 0.844. The van der Waals surface area contributed by atoms with Crippen molar-refractivity contribution in [2.45, 2.75) is 38.4 Å². The molecule has 2 rings (SSSR count). The Morgan fingerprint density at radius 3 is 2.89 bits per heavy atom. The second-order valence-electron chi connectivity index (χ2n) is 4.72. The van der Waals surface area contributed by atoms with Crippen LogP contribution in [-0.2, 0) is 11.3 Å². The zero-order valence-corrected chi connectivity index (χ0v) is 11.5. The molecular formula is C12H18N2O3S. The van der Waals surface area contributed by atoms with Crippen molar-refractivity contribution in [2.24, 2.45) is 0 Å². The minimum Gasteiger partial charge on any atom is -0.388 e. The molecule has 0 radical (unpaired) electrons. The summed E-state index contributed by atoms with van der Waals surface area (Å²) in [4.78, 5) is 16.8. The van der Waals surface area contributed by atoms with Gasteiger partial charge in [-0.2, -0.15) is 0 Å². The van der Waals surface area contributed by atoms with Crippen LogP contribution in [0.3, 0.4) is 0 Å². The predicted octanol–water partition coefficient (Wildman–Crippen LogP) is 1.24. The monoisotopic (exact) mass is 270 g/mol. The van der Waals surface area contributed by atoms with E-state index in [9.17, 15) is 9.90 Å². The highest BCUT2D eigenvalue weighted by Gasteiger charge is 2.34. The van der Waals surface area contributed by atoms with Crippen molar-refractivity contribution >= 4 is 17.2 Å². The van der Waals surface area contributed by atoms with Gasteiger partial charge >= 0.3 is 0 Å². The van der Waals surface area contributed by atoms with Crippen LogP contribution in [0.5, 0.6) is 0 Å². The van der Waals surface area contributed by atoms with Crippen molar-refractivity contribution < 1.29 is 14.6 Å². The number of aromatic nitrogens is 1. The molecule has 5 nitrogen and oxygen atoms in total. The van der Waals surface area contributed by atoms with Gasteiger partial charge in [-0.25, -0.2) is 4.98 Å². The first-order valence-corrected chi connectivity index (χ1v) is 6.81. The normalized spacial score (nSPS) is 17.3. The van der Waals surface area contributed by atoms with Crippen LogP contribution in [0, 0.1) is 6.92 Å². The van der Waals surface area contributed by atoms with Gasteiger partial charge in [-0.1, -0.05) is 0 Å². The van der Waals surface area contributed by atoms with Gasteiger partial charge in [0.05, 0.1) is 17.9 Å². The number of thiazole rings is 1. The van der Waals surface area contributed by atoms with Gasteiger partial charge in [-0.15, -0.1) is 11.3 Å². The van der Waals surface area contributed by atoms with Gasteiger partial charge < -0.3 is 15.2 Å². The number of carbonyl (C=O) groups is 1. The number of methoxy groups -OCH3 is 1. The Bertz CT molecular complexity index is 441. The number of nitrogens with zero attached hydrogens (tertiary/aromatic N) is 1. The number of rotatable bonds is 5. The molecule has 1 fully saturated rings. The Labute approximate surface area is 110 Å². The smallest absolute Gasteiger partial charge is 0.263 e. The lowest BCUT2D eigenvalue weighted by Gasteiger charge is -2.36. The van der Waals surface area contributed by atoms with Crippen LogP contribution < -0.4 is 5.32 Å². The Kier molecular flexibility index (Phi) is 3.99. The summed E-state index contributed by atoms with van der Waals surface area (Å²) in [6, 6.07) is 0. The van der Waals surface area contributed by atoms with E-state index in [1.54, 1.807) is 7.11 Å². The number of carbonyl (C=O) groups excluding carboxylic acids is 1. The molecule has 2 N–H and O–H groups in total. The van der Waals surface area contributed by atoms with E-state index in [0.29, 0.717) is 23.7 Å². The topological polar surface area (TPSA) is 71.5 Å². The molecule has 0 bridgehead atoms. The number of ether oxygens (including phenoxy) is 1. The van der Waals surface area contributed by atoms with Gasteiger partial charge in [-0.05, 0) is 26.2 Å². The molecule has 1 aromatic heterocycles. The number of hydrogen-bond acceptors (Lipinski definition) is 5. The van der Waals surface area contributed by atoms with Gasteiger partial charge in [0.15, 0.2) is 0 Å². The Morgan fingerprint density at radius 1 is 1.61 bits per heavy atom. The van der Waals surface area contributed by atoms with Crippen LogP contribution in [0.25, 0.3) is 0 Å². The second-order valence-corrected chi connectivity index (χ2v) is 5.80. The molecule has 0 atom stereocenters. The molecule has 6 heteroatoms. The molecule has 0 unspecified atom stereocenters. The van der Waals surface area contributed by atoms with Gasteiger partial charge in [0, 0.05) is 13.7 Å². The van der Waals surface area contributed by atoms with Crippen molar-refractivity contribution in [3.63, 3.8) is 0 Å². The van der Waals surface area contributed by atoms with Crippen molar-refractivity contribution in [3.05, 3.63) is 15.6 Å². The van der Waals surface area contributed by atoms with Crippen molar-refractivity contribution in [2.75, 3.05) is 13.7 Å². The lowest BCUT2D eigenvalue weighted by atomic mass is 9.80. The first kappa shape index (κ1) is 13.5. The summed E-state index contributed by atoms with van der Waals surface area (Å²) >= 11 is 1.34. The van der Waals surface area contributed by atoms with E-state index in [1.165, 1.54) is 11.3 Å². The average molecular weight is 270 g/mol. The van der Waals surface area contributed by atoms with Crippen LogP contribution in [0.2, 0.25) is 0 Å². The highest BCUT2D eigenvalue weighted by Crippen LogP contribution is 2.30. The van der Waals surface area contributed by atoms with Crippen LogP contribution in [-0.4, -0.2) is 35.3 Å². The summed E-state index contributed by atoms with van der Waals surface area (Å²) in [7, 11) is 1.60. The fourth-order valence-corrected chi connectivity index (χ4v) is 2.89. The summed E-state index contributed by atoms with van der Waals surface area (Å²) in [6.45, 7) is 2.55. The lowest BCUT2D eigenvalue weighted by Crippen LogP contribution is -2.47. The number of nitrogens with one attached hydrogen (secondary N) is 1. The van der Waals surface area contributed by atoms with E-state index < -0.39 is 5.60 Å². The third-order valence-electron chi connectivity index (χ3n) is 3.18. The highest BCUT2D eigenvalue weighted by molar-refractivity contribution is 7.13. The fourth-order valence-electron chi connectivity index (χ4n) is 1.93. The minimum atomic E-state index is -0.691. The lowest BCUT2D eigenvalue weighted by molar-refractivity contribution is -0.0300. The maximum Gasteiger partial charge on any atom is 0.263 e. The van der Waals surface area contributed by atoms with Gasteiger partial charge in [-0.3, -0.25) is 4.79 Å². The zero-order valence-electron chi connectivity index (χ0n) is 10.7. The third kappa shape index (κ3) is 2.88. The summed E-state index contributed by atoms with van der Waals surface area (Å²) in [5.41, 5.74) is 0.0222. The summed E-state index contributed by atoms with van der Waals surface area (Å²) in [5, 5.41) is 13.5. The highest BCUT2D eigenvalue weighted by atomic mass is 32.1. The molecule has 1 aliphatic carbocycles. The zero-order chi connectivity index (χ0) is 13.2. The fraction of sp³-hybridized carbons (Fsp3) is 0.667. The van der Waals surface area contributed by atoms with Gasteiger partial charge in [0.1, 0.15) is 9.88 Å². The molecule has 0 aromatic carbocycles. The first-order chi connectivity index (χ1) is 8.54. The molecule has 100 valence electrons. The molecule has 1 heterocycles. The van der Waals surface area contributed by atoms with E-state index >= 15 is 0 Å². The summed E-state index contributed by atoms with van der Waals surface area (Å²) in [6.07, 6.45) is 2.57. The molecule has 1 aliphatic rings. The Morgan fingerprint density at radius 2 is 2.33 bits per heavy atom. The first-order valence-electron chi connectivity index (χ1n) is 6.00. The van der Waals surface area contributed by atoms with Crippen LogP contribution in [0.4, 0.5) is 0 Å². The van der Waals surface area contributed by atoms with Crippen molar-refractivity contribution in [1.29, 1.82) is 0 Å². The molecule has 0 aliphatic heterocycles. The van der Waals surface area contributed by atoms with E-state index in [2.05, 4.69) is 10.3 Å². The number of hydrogen-bond donors (Lipinski definition) is 2. The minimum absolute atomic E-state index is 0.160. The standard InChI is InChI=1S/C12H18N2O3S/c1-8-10(18-9(14-8)6-17-2)11(15)13-7-12(16)4-3-5-12/h16H,3-7H2,1-2H3,(H,13,15). The Hall–Kier alpha value is -0.980. The predicted molar refractivity (Wildman–Crippen MR) is 68.7 cm³/mol. The van der Waals surface area contributed by atoms with Gasteiger partial charge in [0.25, 0.3) is 5.91 Å². The van der Waals surface area contributed by atoms with Crippen LogP contribution >= 0.6 is 11.3 Å². The average Bonchev–Trinajstić information content (AvgIpc) is 2.65. The van der Waals surface area contributed by atoms with Crippen LogP contribution in [0.1, 0.15) is 39.6 Å². The molecular weight excluding hydrogens is 252 g/mol. The molecule has 18 heavy (non-hydrogen) atoms. The molecule has 1 saturated carbocycles. The largest absolute Gasteiger partial charge is 0.388 e. The van der Waals surface area contributed by atoms with Crippen molar-refractivity contribution in [3.8, 4) is 0 Å². The maximum atomic E-state index is 12.0. The second kappa shape index (κ2) is 5.34. The summed E-state index contributed by atoms with van der Waals surface area (Å²) < 4.78 is 4.99. The van der Waals surface area contributed by atoms with Crippen LogP contribution in [0.15, 0.2) is 0 Å². The van der Waals surface area contributed by atoms with E-state index in [1.807, 2.05) is 6.92 Å². The Balaban J connectivity index is 1.95. The van der Waals surface area contributed by atoms with Gasteiger partial charge in [0.2, 0.25) is 0 Å². The molecule has 1 aromatic rings. The summed E-state index contributed by atoms with van der Waals surface area (Å²) in [5.74, 6) is -0.160.